The molecule has 0 aliphatic heterocycles. The van der Waals surface area contributed by atoms with E-state index in [9.17, 15) is 8.42 Å². The van der Waals surface area contributed by atoms with Gasteiger partial charge in [-0.05, 0) is 55.0 Å². The van der Waals surface area contributed by atoms with Gasteiger partial charge in [-0.15, -0.1) is 0 Å². The maximum atomic E-state index is 10.5. The second-order valence-electron chi connectivity index (χ2n) is 5.23. The number of benzene rings is 1. The fourth-order valence-electron chi connectivity index (χ4n) is 1.50. The van der Waals surface area contributed by atoms with Crippen LogP contribution in [0.5, 0.6) is 5.75 Å². The van der Waals surface area contributed by atoms with Crippen molar-refractivity contribution in [2.45, 2.75) is 24.8 Å². The van der Waals surface area contributed by atoms with E-state index < -0.39 is 10.1 Å². The first-order chi connectivity index (χ1) is 11.6. The monoisotopic (exact) mass is 450 g/mol. The lowest BCUT2D eigenvalue weighted by atomic mass is 10.2. The molecule has 1 heterocycles. The van der Waals surface area contributed by atoms with Crippen molar-refractivity contribution in [3.8, 4) is 5.75 Å². The van der Waals surface area contributed by atoms with Gasteiger partial charge in [0.2, 0.25) is 0 Å². The first-order valence-electron chi connectivity index (χ1n) is 7.28. The summed E-state index contributed by atoms with van der Waals surface area (Å²) in [7, 11) is -2.13. The Balaban J connectivity index is 0.000000257. The first kappa shape index (κ1) is 21.9. The molecule has 138 valence electrons. The van der Waals surface area contributed by atoms with Crippen LogP contribution >= 0.6 is 27.5 Å². The first-order valence-corrected chi connectivity index (χ1v) is 9.90. The molecule has 0 fully saturated rings. The third-order valence-corrected chi connectivity index (χ3v) is 5.08. The number of halogens is 2. The molecular weight excluding hydrogens is 432 g/mol. The highest BCUT2D eigenvalue weighted by molar-refractivity contribution is 9.10. The molecule has 0 aliphatic carbocycles. The Bertz CT molecular complexity index is 785. The van der Waals surface area contributed by atoms with E-state index in [1.165, 1.54) is 12.1 Å². The van der Waals surface area contributed by atoms with Gasteiger partial charge >= 0.3 is 0 Å². The van der Waals surface area contributed by atoms with Gasteiger partial charge in [-0.3, -0.25) is 4.55 Å². The van der Waals surface area contributed by atoms with Crippen LogP contribution in [0, 0.1) is 6.92 Å². The zero-order valence-corrected chi connectivity index (χ0v) is 17.2. The Morgan fingerprint density at radius 2 is 1.96 bits per heavy atom. The lowest BCUT2D eigenvalue weighted by molar-refractivity contribution is 0.279. The highest BCUT2D eigenvalue weighted by Crippen LogP contribution is 2.24. The van der Waals surface area contributed by atoms with Crippen LogP contribution in [0.3, 0.4) is 0 Å². The van der Waals surface area contributed by atoms with E-state index in [1.807, 2.05) is 20.9 Å². The number of ether oxygens (including phenoxy) is 1. The second-order valence-corrected chi connectivity index (χ2v) is 7.87. The molecule has 1 aromatic carbocycles. The van der Waals surface area contributed by atoms with Gasteiger partial charge in [-0.2, -0.15) is 8.42 Å². The largest absolute Gasteiger partial charge is 0.490 e. The number of hydrogen-bond donors (Lipinski definition) is 2. The second kappa shape index (κ2) is 10.1. The minimum absolute atomic E-state index is 0.0666. The number of pyridine rings is 1. The van der Waals surface area contributed by atoms with Crippen LogP contribution in [0.2, 0.25) is 5.15 Å². The van der Waals surface area contributed by atoms with Gasteiger partial charge < -0.3 is 10.1 Å². The average molecular weight is 452 g/mol. The quantitative estimate of drug-likeness (QED) is 0.532. The van der Waals surface area contributed by atoms with Crippen LogP contribution in [0.4, 0.5) is 0 Å². The molecular formula is C16H20BrClN2O4S. The molecule has 2 N–H and O–H groups in total. The fourth-order valence-corrected chi connectivity index (χ4v) is 2.41. The highest BCUT2D eigenvalue weighted by Gasteiger charge is 2.07. The van der Waals surface area contributed by atoms with E-state index >= 15 is 0 Å². The molecule has 6 nitrogen and oxygen atoms in total. The highest BCUT2D eigenvalue weighted by atomic mass is 79.9. The molecule has 0 saturated heterocycles. The van der Waals surface area contributed by atoms with Crippen molar-refractivity contribution in [3.05, 3.63) is 51.7 Å². The summed E-state index contributed by atoms with van der Waals surface area (Å²) in [5, 5.41) is 3.52. The minimum Gasteiger partial charge on any atom is -0.490 e. The summed E-state index contributed by atoms with van der Waals surface area (Å²) >= 11 is 9.02. The molecule has 0 bridgehead atoms. The van der Waals surface area contributed by atoms with Crippen molar-refractivity contribution in [2.75, 3.05) is 13.7 Å². The molecule has 0 saturated carbocycles. The summed E-state index contributed by atoms with van der Waals surface area (Å²) in [4.78, 5) is 3.89. The number of hydrogen-bond acceptors (Lipinski definition) is 5. The van der Waals surface area contributed by atoms with Gasteiger partial charge in [0.1, 0.15) is 17.5 Å². The number of nitrogens with one attached hydrogen (secondary N) is 1. The molecule has 9 heteroatoms. The fraction of sp³-hybridized carbons (Fsp3) is 0.312. The van der Waals surface area contributed by atoms with E-state index in [1.54, 1.807) is 24.4 Å². The van der Waals surface area contributed by atoms with Gasteiger partial charge in [-0.1, -0.05) is 29.3 Å². The van der Waals surface area contributed by atoms with Crippen molar-refractivity contribution in [2.24, 2.45) is 0 Å². The third kappa shape index (κ3) is 8.15. The molecule has 1 aromatic heterocycles. The van der Waals surface area contributed by atoms with Crippen molar-refractivity contribution in [3.63, 3.8) is 0 Å². The van der Waals surface area contributed by atoms with Gasteiger partial charge in [0.15, 0.2) is 0 Å². The van der Waals surface area contributed by atoms with Crippen molar-refractivity contribution in [1.82, 2.24) is 10.3 Å². The molecule has 0 aliphatic rings. The number of likely N-dealkylation sites (N-methyl/N-ethyl adjacent to an activating group) is 1. The predicted octanol–water partition coefficient (Wildman–Crippen LogP) is 3.73. The summed E-state index contributed by atoms with van der Waals surface area (Å²) in [6, 6.07) is 8.10. The Hall–Kier alpha value is -1.19. The van der Waals surface area contributed by atoms with Gasteiger partial charge in [0.25, 0.3) is 10.1 Å². The van der Waals surface area contributed by atoms with Gasteiger partial charge in [0.05, 0.1) is 15.6 Å². The Kier molecular flexibility index (Phi) is 8.81. The van der Waals surface area contributed by atoms with Crippen LogP contribution in [0.1, 0.15) is 12.5 Å². The molecule has 0 amide bonds. The van der Waals surface area contributed by atoms with Crippen LogP contribution in [0.15, 0.2) is 45.9 Å². The topological polar surface area (TPSA) is 88.5 Å². The van der Waals surface area contributed by atoms with Gasteiger partial charge in [-0.25, -0.2) is 4.98 Å². The summed E-state index contributed by atoms with van der Waals surface area (Å²) in [5.74, 6) is 0.711. The standard InChI is InChI=1S/C9H12BrClN2O.C7H8O3S/c1-6(12-2)5-14-7-3-8(10)9(11)13-4-7;1-6-2-4-7(5-3-6)11(8,9)10/h3-4,6,12H,5H2,1-2H3;2-5H,1H3,(H,8,9,10)/t6-;/m1./s1. The number of rotatable bonds is 5. The lowest BCUT2D eigenvalue weighted by Crippen LogP contribution is -2.28. The molecule has 25 heavy (non-hydrogen) atoms. The Morgan fingerprint density at radius 1 is 1.36 bits per heavy atom. The van der Waals surface area contributed by atoms with Crippen LogP contribution < -0.4 is 10.1 Å². The maximum absolute atomic E-state index is 10.5. The van der Waals surface area contributed by atoms with E-state index in [0.29, 0.717) is 23.6 Å². The maximum Gasteiger partial charge on any atom is 0.294 e. The zero-order valence-electron chi connectivity index (χ0n) is 14.0. The minimum atomic E-state index is -4.02. The Morgan fingerprint density at radius 3 is 2.44 bits per heavy atom. The van der Waals surface area contributed by atoms with Crippen molar-refractivity contribution in [1.29, 1.82) is 0 Å². The normalized spacial score (nSPS) is 12.1. The van der Waals surface area contributed by atoms with Crippen LogP contribution in [-0.2, 0) is 10.1 Å². The van der Waals surface area contributed by atoms with E-state index in [2.05, 4.69) is 26.2 Å². The zero-order chi connectivity index (χ0) is 19.0. The average Bonchev–Trinajstić information content (AvgIpc) is 2.55. The Labute approximate surface area is 161 Å². The van der Waals surface area contributed by atoms with Crippen LogP contribution in [0.25, 0.3) is 0 Å². The SMILES string of the molecule is CN[C@H](C)COc1cnc(Cl)c(Br)c1.Cc1ccc(S(=O)(=O)O)cc1. The van der Waals surface area contributed by atoms with E-state index in [4.69, 9.17) is 20.9 Å². The molecule has 2 rings (SSSR count). The van der Waals surface area contributed by atoms with E-state index in [-0.39, 0.29) is 4.90 Å². The third-order valence-electron chi connectivity index (χ3n) is 3.08. The molecule has 0 spiro atoms. The van der Waals surface area contributed by atoms with Crippen LogP contribution in [-0.4, -0.2) is 37.7 Å². The number of aryl methyl sites for hydroxylation is 1. The van der Waals surface area contributed by atoms with Crippen molar-refractivity contribution < 1.29 is 17.7 Å². The predicted molar refractivity (Wildman–Crippen MR) is 102 cm³/mol. The summed E-state index contributed by atoms with van der Waals surface area (Å²) < 4.78 is 35.8. The summed E-state index contributed by atoms with van der Waals surface area (Å²) in [5.41, 5.74) is 0.956. The number of aromatic nitrogens is 1. The molecule has 1 atom stereocenters. The van der Waals surface area contributed by atoms with Gasteiger partial charge in [0, 0.05) is 6.04 Å². The van der Waals surface area contributed by atoms with Crippen molar-refractivity contribution >= 4 is 37.6 Å². The molecule has 0 radical (unpaired) electrons. The number of nitrogens with zero attached hydrogens (tertiary/aromatic N) is 1. The summed E-state index contributed by atoms with van der Waals surface area (Å²) in [6.45, 7) is 4.48. The lowest BCUT2D eigenvalue weighted by Gasteiger charge is -2.11. The molecule has 2 aromatic rings. The smallest absolute Gasteiger partial charge is 0.294 e. The molecule has 0 unspecified atom stereocenters. The summed E-state index contributed by atoms with van der Waals surface area (Å²) in [6.07, 6.45) is 1.61. The van der Waals surface area contributed by atoms with E-state index in [0.717, 1.165) is 10.0 Å².